The summed E-state index contributed by atoms with van der Waals surface area (Å²) in [5.41, 5.74) is 0. The number of rotatable bonds is 2. The molecule has 1 aromatic rings. The molecule has 0 saturated carbocycles. The zero-order valence-electron chi connectivity index (χ0n) is 9.76. The van der Waals surface area contributed by atoms with Crippen molar-refractivity contribution in [2.24, 2.45) is 0 Å². The molecule has 0 radical (unpaired) electrons. The Kier molecular flexibility index (Phi) is 2.84. The fourth-order valence-electron chi connectivity index (χ4n) is 2.56. The van der Waals surface area contributed by atoms with Gasteiger partial charge in [-0.3, -0.25) is 4.79 Å². The van der Waals surface area contributed by atoms with Crippen LogP contribution in [0.1, 0.15) is 25.1 Å². The molecule has 2 aliphatic rings. The molecule has 0 unspecified atom stereocenters. The van der Waals surface area contributed by atoms with E-state index in [2.05, 4.69) is 14.9 Å². The highest BCUT2D eigenvalue weighted by atomic mass is 16.5. The topological polar surface area (TPSA) is 56.2 Å². The van der Waals surface area contributed by atoms with Gasteiger partial charge in [-0.05, 0) is 19.3 Å². The van der Waals surface area contributed by atoms with Gasteiger partial charge in [-0.25, -0.2) is 4.98 Å². The number of carbonyl (C=O) groups is 1. The Morgan fingerprint density at radius 2 is 2.47 bits per heavy atom. The first-order valence-electron chi connectivity index (χ1n) is 6.25. The average molecular weight is 235 g/mol. The standard InChI is InChI=1S/C12H17N3O2/c16-12(10-2-1-7-17-10)14-9-3-4-11-13-5-6-15(11)8-9/h5-6,9-10H,1-4,7-8H2,(H,14,16)/t9-,10-/m0/s1. The summed E-state index contributed by atoms with van der Waals surface area (Å²) in [5.74, 6) is 1.17. The summed E-state index contributed by atoms with van der Waals surface area (Å²) in [6.45, 7) is 1.54. The Morgan fingerprint density at radius 1 is 1.53 bits per heavy atom. The molecular formula is C12H17N3O2. The maximum absolute atomic E-state index is 11.9. The molecule has 1 amide bonds. The number of imidazole rings is 1. The molecule has 0 bridgehead atoms. The van der Waals surface area contributed by atoms with Gasteiger partial charge in [-0.1, -0.05) is 0 Å². The molecule has 2 aliphatic heterocycles. The number of amides is 1. The third-order valence-electron chi connectivity index (χ3n) is 3.50. The van der Waals surface area contributed by atoms with Crippen molar-refractivity contribution in [1.82, 2.24) is 14.9 Å². The molecule has 0 aliphatic carbocycles. The van der Waals surface area contributed by atoms with E-state index >= 15 is 0 Å². The van der Waals surface area contributed by atoms with Gasteiger partial charge < -0.3 is 14.6 Å². The smallest absolute Gasteiger partial charge is 0.249 e. The first kappa shape index (κ1) is 10.8. The van der Waals surface area contributed by atoms with Crippen LogP contribution >= 0.6 is 0 Å². The molecule has 1 saturated heterocycles. The number of ether oxygens (including phenoxy) is 1. The molecule has 92 valence electrons. The number of aryl methyl sites for hydroxylation is 1. The van der Waals surface area contributed by atoms with Crippen molar-refractivity contribution in [1.29, 1.82) is 0 Å². The predicted octanol–water partition coefficient (Wildman–Crippen LogP) is 0.493. The van der Waals surface area contributed by atoms with Crippen LogP contribution in [0.3, 0.4) is 0 Å². The fraction of sp³-hybridized carbons (Fsp3) is 0.667. The minimum atomic E-state index is -0.223. The van der Waals surface area contributed by atoms with Gasteiger partial charge in [0.2, 0.25) is 5.91 Å². The van der Waals surface area contributed by atoms with Crippen molar-refractivity contribution < 1.29 is 9.53 Å². The highest BCUT2D eigenvalue weighted by Crippen LogP contribution is 2.15. The zero-order chi connectivity index (χ0) is 11.7. The third kappa shape index (κ3) is 2.20. The summed E-state index contributed by atoms with van der Waals surface area (Å²) in [5, 5.41) is 3.08. The molecule has 1 fully saturated rings. The summed E-state index contributed by atoms with van der Waals surface area (Å²) in [6.07, 6.45) is 7.32. The van der Waals surface area contributed by atoms with Crippen LogP contribution in [0.25, 0.3) is 0 Å². The van der Waals surface area contributed by atoms with Gasteiger partial charge in [0.25, 0.3) is 0 Å². The van der Waals surface area contributed by atoms with E-state index in [1.165, 1.54) is 0 Å². The lowest BCUT2D eigenvalue weighted by Crippen LogP contribution is -2.45. The number of nitrogens with zero attached hydrogens (tertiary/aromatic N) is 2. The second kappa shape index (κ2) is 4.49. The molecule has 0 aromatic carbocycles. The van der Waals surface area contributed by atoms with Gasteiger partial charge in [0, 0.05) is 38.0 Å². The van der Waals surface area contributed by atoms with E-state index in [-0.39, 0.29) is 18.1 Å². The molecule has 3 rings (SSSR count). The minimum Gasteiger partial charge on any atom is -0.368 e. The molecule has 1 N–H and O–H groups in total. The van der Waals surface area contributed by atoms with Gasteiger partial charge in [0.1, 0.15) is 11.9 Å². The van der Waals surface area contributed by atoms with Crippen LogP contribution in [0.5, 0.6) is 0 Å². The van der Waals surface area contributed by atoms with Gasteiger partial charge >= 0.3 is 0 Å². The second-order valence-electron chi connectivity index (χ2n) is 4.74. The van der Waals surface area contributed by atoms with Gasteiger partial charge in [-0.2, -0.15) is 0 Å². The zero-order valence-corrected chi connectivity index (χ0v) is 9.76. The van der Waals surface area contributed by atoms with Crippen LogP contribution in [0.4, 0.5) is 0 Å². The van der Waals surface area contributed by atoms with Crippen molar-refractivity contribution in [3.8, 4) is 0 Å². The maximum Gasteiger partial charge on any atom is 0.249 e. The largest absolute Gasteiger partial charge is 0.368 e. The summed E-state index contributed by atoms with van der Waals surface area (Å²) in [6, 6.07) is 0.216. The lowest BCUT2D eigenvalue weighted by Gasteiger charge is -2.25. The lowest BCUT2D eigenvalue weighted by atomic mass is 10.1. The fourth-order valence-corrected chi connectivity index (χ4v) is 2.56. The third-order valence-corrected chi connectivity index (χ3v) is 3.50. The Hall–Kier alpha value is -1.36. The first-order chi connectivity index (χ1) is 8.33. The number of fused-ring (bicyclic) bond motifs is 1. The summed E-state index contributed by atoms with van der Waals surface area (Å²) in [4.78, 5) is 16.2. The molecule has 3 heterocycles. The normalized spacial score (nSPS) is 27.8. The van der Waals surface area contributed by atoms with E-state index in [1.54, 1.807) is 0 Å². The Labute approximate surface area is 100 Å². The number of hydrogen-bond donors (Lipinski definition) is 1. The van der Waals surface area contributed by atoms with Crippen LogP contribution in [0.15, 0.2) is 12.4 Å². The lowest BCUT2D eigenvalue weighted by molar-refractivity contribution is -0.131. The van der Waals surface area contributed by atoms with E-state index in [4.69, 9.17) is 4.74 Å². The van der Waals surface area contributed by atoms with E-state index in [1.807, 2.05) is 12.4 Å². The first-order valence-corrected chi connectivity index (χ1v) is 6.25. The molecule has 5 nitrogen and oxygen atoms in total. The van der Waals surface area contributed by atoms with E-state index in [0.717, 1.165) is 38.1 Å². The van der Waals surface area contributed by atoms with Crippen molar-refractivity contribution in [2.75, 3.05) is 6.61 Å². The minimum absolute atomic E-state index is 0.0519. The van der Waals surface area contributed by atoms with Crippen molar-refractivity contribution >= 4 is 5.91 Å². The second-order valence-corrected chi connectivity index (χ2v) is 4.74. The monoisotopic (exact) mass is 235 g/mol. The van der Waals surface area contributed by atoms with Crippen LogP contribution < -0.4 is 5.32 Å². The summed E-state index contributed by atoms with van der Waals surface area (Å²) >= 11 is 0. The van der Waals surface area contributed by atoms with Crippen LogP contribution in [0.2, 0.25) is 0 Å². The SMILES string of the molecule is O=C(N[C@H]1CCc2nccn2C1)[C@@H]1CCCO1. The number of hydrogen-bond acceptors (Lipinski definition) is 3. The number of aromatic nitrogens is 2. The highest BCUT2D eigenvalue weighted by Gasteiger charge is 2.27. The molecular weight excluding hydrogens is 218 g/mol. The van der Waals surface area contributed by atoms with Crippen molar-refractivity contribution in [3.05, 3.63) is 18.2 Å². The highest BCUT2D eigenvalue weighted by molar-refractivity contribution is 5.81. The predicted molar refractivity (Wildman–Crippen MR) is 61.5 cm³/mol. The van der Waals surface area contributed by atoms with Gasteiger partial charge in [-0.15, -0.1) is 0 Å². The number of carbonyl (C=O) groups excluding carboxylic acids is 1. The van der Waals surface area contributed by atoms with Crippen molar-refractivity contribution in [2.45, 2.75) is 44.4 Å². The summed E-state index contributed by atoms with van der Waals surface area (Å²) in [7, 11) is 0. The average Bonchev–Trinajstić information content (AvgIpc) is 2.99. The van der Waals surface area contributed by atoms with Gasteiger partial charge in [0.15, 0.2) is 0 Å². The van der Waals surface area contributed by atoms with E-state index in [9.17, 15) is 4.79 Å². The maximum atomic E-state index is 11.9. The Morgan fingerprint density at radius 3 is 3.29 bits per heavy atom. The van der Waals surface area contributed by atoms with Crippen LogP contribution in [-0.4, -0.2) is 34.2 Å². The molecule has 1 aromatic heterocycles. The number of nitrogens with one attached hydrogen (secondary N) is 1. The van der Waals surface area contributed by atoms with Crippen LogP contribution in [-0.2, 0) is 22.5 Å². The quantitative estimate of drug-likeness (QED) is 0.811. The molecule has 5 heteroatoms. The van der Waals surface area contributed by atoms with Crippen LogP contribution in [0, 0.1) is 0 Å². The summed E-state index contributed by atoms with van der Waals surface area (Å²) < 4.78 is 7.49. The molecule has 0 spiro atoms. The van der Waals surface area contributed by atoms with Gasteiger partial charge in [0.05, 0.1) is 0 Å². The molecule has 17 heavy (non-hydrogen) atoms. The Bertz CT molecular complexity index is 410. The van der Waals surface area contributed by atoms with E-state index in [0.29, 0.717) is 6.61 Å². The Balaban J connectivity index is 1.58. The van der Waals surface area contributed by atoms with E-state index < -0.39 is 0 Å². The van der Waals surface area contributed by atoms with Crippen molar-refractivity contribution in [3.63, 3.8) is 0 Å². The molecule has 2 atom stereocenters.